The molecule has 0 aliphatic rings. The van der Waals surface area contributed by atoms with Crippen LogP contribution in [0.25, 0.3) is 5.69 Å². The number of hydrogen-bond donors (Lipinski definition) is 0. The number of nitrogens with zero attached hydrogens (tertiary/aromatic N) is 4. The molecule has 23 heavy (non-hydrogen) atoms. The Balaban J connectivity index is 1.81. The van der Waals surface area contributed by atoms with E-state index >= 15 is 0 Å². The van der Waals surface area contributed by atoms with E-state index in [4.69, 9.17) is 9.47 Å². The highest BCUT2D eigenvalue weighted by Gasteiger charge is 2.13. The molecule has 0 aliphatic carbocycles. The smallest absolute Gasteiger partial charge is 0.214 e. The Morgan fingerprint density at radius 1 is 1.04 bits per heavy atom. The van der Waals surface area contributed by atoms with Gasteiger partial charge in [-0.25, -0.2) is 0 Å². The van der Waals surface area contributed by atoms with Gasteiger partial charge < -0.3 is 9.47 Å². The third kappa shape index (κ3) is 3.45. The molecule has 3 aromatic rings. The van der Waals surface area contributed by atoms with Gasteiger partial charge in [-0.15, -0.1) is 5.10 Å². The van der Waals surface area contributed by atoms with E-state index in [9.17, 15) is 0 Å². The minimum absolute atomic E-state index is 0.706. The summed E-state index contributed by atoms with van der Waals surface area (Å²) in [7, 11) is 3.29. The van der Waals surface area contributed by atoms with E-state index in [1.807, 2.05) is 48.5 Å². The van der Waals surface area contributed by atoms with Gasteiger partial charge >= 0.3 is 0 Å². The summed E-state index contributed by atoms with van der Waals surface area (Å²) in [6, 6.07) is 15.6. The monoisotopic (exact) mass is 328 g/mol. The highest BCUT2D eigenvalue weighted by Crippen LogP contribution is 2.27. The van der Waals surface area contributed by atoms with Crippen LogP contribution in [-0.2, 0) is 5.75 Å². The fourth-order valence-corrected chi connectivity index (χ4v) is 2.96. The molecular weight excluding hydrogens is 312 g/mol. The highest BCUT2D eigenvalue weighted by molar-refractivity contribution is 7.98. The molecule has 0 amide bonds. The average Bonchev–Trinajstić information content (AvgIpc) is 3.08. The third-order valence-electron chi connectivity index (χ3n) is 3.26. The third-order valence-corrected chi connectivity index (χ3v) is 4.25. The Labute approximate surface area is 138 Å². The standard InChI is InChI=1S/C16H16N4O2S/c1-21-13-7-5-6-12(10-13)11-23-16-17-18-19-20(16)14-8-3-4-9-15(14)22-2/h3-10H,11H2,1-2H3. The van der Waals surface area contributed by atoms with Crippen molar-refractivity contribution in [2.75, 3.05) is 14.2 Å². The second kappa shape index (κ2) is 7.15. The van der Waals surface area contributed by atoms with Crippen molar-refractivity contribution >= 4 is 11.8 Å². The lowest BCUT2D eigenvalue weighted by Gasteiger charge is -2.09. The molecule has 2 aromatic carbocycles. The Morgan fingerprint density at radius 3 is 2.74 bits per heavy atom. The van der Waals surface area contributed by atoms with Crippen LogP contribution in [0.4, 0.5) is 0 Å². The minimum Gasteiger partial charge on any atom is -0.497 e. The fourth-order valence-electron chi connectivity index (χ4n) is 2.13. The summed E-state index contributed by atoms with van der Waals surface area (Å²) >= 11 is 1.56. The molecule has 1 heterocycles. The van der Waals surface area contributed by atoms with Gasteiger partial charge in [-0.05, 0) is 40.3 Å². The first-order valence-electron chi connectivity index (χ1n) is 6.99. The maximum Gasteiger partial charge on any atom is 0.214 e. The fraction of sp³-hybridized carbons (Fsp3) is 0.188. The Hall–Kier alpha value is -2.54. The Bertz CT molecular complexity index is 791. The van der Waals surface area contributed by atoms with Gasteiger partial charge in [0.25, 0.3) is 0 Å². The summed E-state index contributed by atoms with van der Waals surface area (Å²) in [6.07, 6.45) is 0. The van der Waals surface area contributed by atoms with Crippen molar-refractivity contribution in [1.82, 2.24) is 20.2 Å². The molecule has 6 nitrogen and oxygen atoms in total. The van der Waals surface area contributed by atoms with Crippen LogP contribution in [0.3, 0.4) is 0 Å². The Kier molecular flexibility index (Phi) is 4.77. The second-order valence-corrected chi connectivity index (χ2v) is 5.63. The molecule has 0 saturated carbocycles. The van der Waals surface area contributed by atoms with Crippen molar-refractivity contribution in [3.05, 3.63) is 54.1 Å². The number of hydrogen-bond acceptors (Lipinski definition) is 6. The molecule has 0 bridgehead atoms. The number of methoxy groups -OCH3 is 2. The number of para-hydroxylation sites is 2. The van der Waals surface area contributed by atoms with E-state index in [2.05, 4.69) is 15.5 Å². The zero-order valence-corrected chi connectivity index (χ0v) is 13.7. The van der Waals surface area contributed by atoms with Crippen LogP contribution >= 0.6 is 11.8 Å². The quantitative estimate of drug-likeness (QED) is 0.648. The SMILES string of the molecule is COc1cccc(CSc2nnnn2-c2ccccc2OC)c1. The van der Waals surface area contributed by atoms with Gasteiger partial charge in [0.05, 0.1) is 14.2 Å². The first kappa shape index (κ1) is 15.4. The van der Waals surface area contributed by atoms with Gasteiger partial charge in [0.1, 0.15) is 17.2 Å². The van der Waals surface area contributed by atoms with Crippen LogP contribution in [0.1, 0.15) is 5.56 Å². The van der Waals surface area contributed by atoms with Crippen LogP contribution in [0, 0.1) is 0 Å². The van der Waals surface area contributed by atoms with Gasteiger partial charge in [0.15, 0.2) is 0 Å². The summed E-state index contributed by atoms with van der Waals surface area (Å²) in [4.78, 5) is 0. The zero-order valence-electron chi connectivity index (χ0n) is 12.8. The van der Waals surface area contributed by atoms with Gasteiger partial charge in [-0.2, -0.15) is 4.68 Å². The van der Waals surface area contributed by atoms with E-state index in [0.717, 1.165) is 28.5 Å². The van der Waals surface area contributed by atoms with Crippen molar-refractivity contribution < 1.29 is 9.47 Å². The number of ether oxygens (including phenoxy) is 2. The van der Waals surface area contributed by atoms with Gasteiger partial charge in [-0.3, -0.25) is 0 Å². The number of thioether (sulfide) groups is 1. The summed E-state index contributed by atoms with van der Waals surface area (Å²) < 4.78 is 12.3. The molecule has 0 unspecified atom stereocenters. The molecule has 3 rings (SSSR count). The summed E-state index contributed by atoms with van der Waals surface area (Å²) in [6.45, 7) is 0. The van der Waals surface area contributed by atoms with Crippen molar-refractivity contribution in [1.29, 1.82) is 0 Å². The normalized spacial score (nSPS) is 10.5. The Morgan fingerprint density at radius 2 is 1.91 bits per heavy atom. The van der Waals surface area contributed by atoms with E-state index in [0.29, 0.717) is 5.16 Å². The van der Waals surface area contributed by atoms with E-state index in [1.54, 1.807) is 30.7 Å². The van der Waals surface area contributed by atoms with Crippen molar-refractivity contribution in [3.8, 4) is 17.2 Å². The first-order valence-corrected chi connectivity index (χ1v) is 7.98. The van der Waals surface area contributed by atoms with E-state index < -0.39 is 0 Å². The van der Waals surface area contributed by atoms with Crippen LogP contribution in [0.15, 0.2) is 53.7 Å². The molecule has 1 aromatic heterocycles. The lowest BCUT2D eigenvalue weighted by Crippen LogP contribution is -2.01. The topological polar surface area (TPSA) is 62.1 Å². The van der Waals surface area contributed by atoms with E-state index in [1.165, 1.54) is 0 Å². The van der Waals surface area contributed by atoms with Crippen molar-refractivity contribution in [2.24, 2.45) is 0 Å². The molecule has 118 valence electrons. The number of tetrazole rings is 1. The molecule has 0 atom stereocenters. The summed E-state index contributed by atoms with van der Waals surface area (Å²) in [5.41, 5.74) is 1.96. The average molecular weight is 328 g/mol. The summed E-state index contributed by atoms with van der Waals surface area (Å²) in [5.74, 6) is 2.31. The van der Waals surface area contributed by atoms with Gasteiger partial charge in [0.2, 0.25) is 5.16 Å². The molecular formula is C16H16N4O2S. The lowest BCUT2D eigenvalue weighted by molar-refractivity contribution is 0.410. The van der Waals surface area contributed by atoms with Gasteiger partial charge in [0, 0.05) is 5.75 Å². The predicted molar refractivity (Wildman–Crippen MR) is 88.3 cm³/mol. The second-order valence-electron chi connectivity index (χ2n) is 4.69. The molecule has 0 aliphatic heterocycles. The van der Waals surface area contributed by atoms with Gasteiger partial charge in [-0.1, -0.05) is 36.0 Å². The molecule has 7 heteroatoms. The largest absolute Gasteiger partial charge is 0.497 e. The number of benzene rings is 2. The van der Waals surface area contributed by atoms with E-state index in [-0.39, 0.29) is 0 Å². The molecule has 0 fully saturated rings. The number of rotatable bonds is 6. The van der Waals surface area contributed by atoms with Crippen LogP contribution < -0.4 is 9.47 Å². The van der Waals surface area contributed by atoms with Crippen LogP contribution in [0.5, 0.6) is 11.5 Å². The highest BCUT2D eigenvalue weighted by atomic mass is 32.2. The first-order chi connectivity index (χ1) is 11.3. The molecule has 0 radical (unpaired) electrons. The van der Waals surface area contributed by atoms with Crippen molar-refractivity contribution in [2.45, 2.75) is 10.9 Å². The molecule has 0 saturated heterocycles. The van der Waals surface area contributed by atoms with Crippen LogP contribution in [0.2, 0.25) is 0 Å². The minimum atomic E-state index is 0.706. The maximum absolute atomic E-state index is 5.38. The number of aromatic nitrogens is 4. The zero-order chi connectivity index (χ0) is 16.1. The van der Waals surface area contributed by atoms with Crippen LogP contribution in [-0.4, -0.2) is 34.4 Å². The predicted octanol–water partition coefficient (Wildman–Crippen LogP) is 2.97. The molecule has 0 N–H and O–H groups in total. The summed E-state index contributed by atoms with van der Waals surface area (Å²) in [5, 5.41) is 12.7. The maximum atomic E-state index is 5.38. The lowest BCUT2D eigenvalue weighted by atomic mass is 10.2. The van der Waals surface area contributed by atoms with Crippen molar-refractivity contribution in [3.63, 3.8) is 0 Å². The molecule has 0 spiro atoms.